The Labute approximate surface area is 275 Å². The summed E-state index contributed by atoms with van der Waals surface area (Å²) in [6, 6.07) is 16.4. The molecular formula is C37H43N3O7. The predicted molar refractivity (Wildman–Crippen MR) is 173 cm³/mol. The molecule has 6 rings (SSSR count). The van der Waals surface area contributed by atoms with Crippen molar-refractivity contribution in [3.63, 3.8) is 0 Å². The van der Waals surface area contributed by atoms with Crippen molar-refractivity contribution in [3.05, 3.63) is 96.1 Å². The molecule has 0 aliphatic carbocycles. The van der Waals surface area contributed by atoms with E-state index in [1.165, 1.54) is 4.90 Å². The largest absolute Gasteiger partial charge is 0.463 e. The van der Waals surface area contributed by atoms with Gasteiger partial charge in [0.05, 0.1) is 36.6 Å². The van der Waals surface area contributed by atoms with Crippen LogP contribution >= 0.6 is 0 Å². The topological polar surface area (TPSA) is 125 Å². The Balaban J connectivity index is 1.44. The molecule has 2 aromatic carbocycles. The monoisotopic (exact) mass is 641 g/mol. The first-order valence-corrected chi connectivity index (χ1v) is 16.6. The number of fused-ring (bicyclic) bond motifs is 2. The summed E-state index contributed by atoms with van der Waals surface area (Å²) in [6.07, 6.45) is 7.77. The Bertz CT molecular complexity index is 1530. The number of aliphatic hydroxyl groups excluding tert-OH is 1. The van der Waals surface area contributed by atoms with E-state index >= 15 is 0 Å². The van der Waals surface area contributed by atoms with Crippen molar-refractivity contribution in [1.82, 2.24) is 15.1 Å². The van der Waals surface area contributed by atoms with E-state index in [1.54, 1.807) is 17.1 Å². The highest BCUT2D eigenvalue weighted by atomic mass is 16.5. The first-order chi connectivity index (χ1) is 22.8. The number of benzene rings is 2. The lowest BCUT2D eigenvalue weighted by Gasteiger charge is -2.40. The van der Waals surface area contributed by atoms with Crippen LogP contribution in [0.1, 0.15) is 50.3 Å². The zero-order valence-electron chi connectivity index (χ0n) is 26.9. The summed E-state index contributed by atoms with van der Waals surface area (Å²) < 4.78 is 12.2. The van der Waals surface area contributed by atoms with Crippen molar-refractivity contribution >= 4 is 23.7 Å². The minimum absolute atomic E-state index is 0.0746. The number of hydrogen-bond acceptors (Lipinski definition) is 7. The number of allylic oxidation sites excluding steroid dienone is 1. The average Bonchev–Trinajstić information content (AvgIpc) is 3.74. The van der Waals surface area contributed by atoms with Crippen LogP contribution in [0.15, 0.2) is 85.0 Å². The second kappa shape index (κ2) is 13.8. The number of nitrogens with one attached hydrogen (secondary N) is 1. The van der Waals surface area contributed by atoms with Crippen molar-refractivity contribution in [2.45, 2.75) is 69.5 Å². The van der Waals surface area contributed by atoms with Gasteiger partial charge in [0.15, 0.2) is 0 Å². The SMILES string of the molecule is CC[C@H](C)[C@H](CO)N1C(=O)[C@H]2[C@@H]3C(=O)N[C@H](c4ccccc4)COC(=O)CC/C=C\CN(Cc4ccccc4)C(=O)[C@H]1[C@@]21C=C[C@@H]3O1. The van der Waals surface area contributed by atoms with Crippen LogP contribution in [0, 0.1) is 17.8 Å². The van der Waals surface area contributed by atoms with Gasteiger partial charge in [0.2, 0.25) is 17.7 Å². The van der Waals surface area contributed by atoms with Crippen molar-refractivity contribution in [2.75, 3.05) is 19.8 Å². The number of rotatable bonds is 7. The minimum Gasteiger partial charge on any atom is -0.463 e. The van der Waals surface area contributed by atoms with E-state index in [4.69, 9.17) is 9.47 Å². The molecule has 3 amide bonds. The van der Waals surface area contributed by atoms with E-state index in [0.29, 0.717) is 12.8 Å². The van der Waals surface area contributed by atoms with Crippen LogP contribution in [0.5, 0.6) is 0 Å². The van der Waals surface area contributed by atoms with Crippen LogP contribution in [0.4, 0.5) is 0 Å². The van der Waals surface area contributed by atoms with Gasteiger partial charge < -0.3 is 29.7 Å². The average molecular weight is 642 g/mol. The number of carbonyl (C=O) groups excluding carboxylic acids is 4. The van der Waals surface area contributed by atoms with Crippen LogP contribution < -0.4 is 5.32 Å². The summed E-state index contributed by atoms with van der Waals surface area (Å²) in [7, 11) is 0. The number of nitrogens with zero attached hydrogens (tertiary/aromatic N) is 2. The maximum Gasteiger partial charge on any atom is 0.306 e. The van der Waals surface area contributed by atoms with Gasteiger partial charge in [0, 0.05) is 19.5 Å². The van der Waals surface area contributed by atoms with Gasteiger partial charge >= 0.3 is 5.97 Å². The fraction of sp³-hybridized carbons (Fsp3) is 0.459. The Hall–Kier alpha value is -4.28. The molecule has 4 aliphatic heterocycles. The van der Waals surface area contributed by atoms with Gasteiger partial charge in [-0.25, -0.2) is 0 Å². The Morgan fingerprint density at radius 1 is 1.00 bits per heavy atom. The summed E-state index contributed by atoms with van der Waals surface area (Å²) in [5, 5.41) is 13.7. The minimum atomic E-state index is -1.39. The number of cyclic esters (lactones) is 1. The zero-order chi connectivity index (χ0) is 33.1. The van der Waals surface area contributed by atoms with E-state index in [0.717, 1.165) is 11.1 Å². The standard InChI is InChI=1S/C37H43N3O7/c1-3-24(2)28(22-41)40-33-36(45)39(21-25-13-7-4-8-14-25)20-12-6-11-17-30(42)46-23-27(26-15-9-5-10-16-26)38-34(43)31-29-18-19-37(33,47-29)32(31)35(40)44/h4-10,12-16,18-19,24,27-29,31-33,41H,3,11,17,20-23H2,1-2H3,(H,38,43)/b12-6-/t24-,27-,28-,29-,31+,32+,33-,37+/m0/s1. The molecule has 2 saturated heterocycles. The van der Waals surface area contributed by atoms with E-state index in [2.05, 4.69) is 5.32 Å². The first kappa shape index (κ1) is 32.7. The van der Waals surface area contributed by atoms with Gasteiger partial charge in [-0.3, -0.25) is 19.2 Å². The maximum absolute atomic E-state index is 14.9. The van der Waals surface area contributed by atoms with E-state index in [9.17, 15) is 24.3 Å². The van der Waals surface area contributed by atoms with Crippen molar-refractivity contribution < 1.29 is 33.8 Å². The van der Waals surface area contributed by atoms with E-state index in [-0.39, 0.29) is 50.5 Å². The lowest BCUT2D eigenvalue weighted by Crippen LogP contribution is -2.59. The van der Waals surface area contributed by atoms with Gasteiger partial charge in [-0.15, -0.1) is 0 Å². The molecule has 2 N–H and O–H groups in total. The van der Waals surface area contributed by atoms with Gasteiger partial charge in [-0.2, -0.15) is 0 Å². The number of amides is 3. The summed E-state index contributed by atoms with van der Waals surface area (Å²) in [5.41, 5.74) is 0.274. The zero-order valence-corrected chi connectivity index (χ0v) is 26.9. The van der Waals surface area contributed by atoms with Crippen LogP contribution in [0.3, 0.4) is 0 Å². The molecular weight excluding hydrogens is 598 g/mol. The smallest absolute Gasteiger partial charge is 0.306 e. The second-order valence-electron chi connectivity index (χ2n) is 13.0. The summed E-state index contributed by atoms with van der Waals surface area (Å²) in [6.45, 7) is 4.02. The molecule has 4 heterocycles. The molecule has 10 nitrogen and oxygen atoms in total. The third-order valence-corrected chi connectivity index (χ3v) is 10.2. The van der Waals surface area contributed by atoms with Crippen LogP contribution in [0.2, 0.25) is 0 Å². The number of esters is 1. The maximum atomic E-state index is 14.9. The molecule has 0 saturated carbocycles. The highest BCUT2D eigenvalue weighted by Crippen LogP contribution is 2.56. The molecule has 5 bridgehead atoms. The molecule has 4 aliphatic rings. The first-order valence-electron chi connectivity index (χ1n) is 16.6. The summed E-state index contributed by atoms with van der Waals surface area (Å²) in [4.78, 5) is 59.7. The summed E-state index contributed by atoms with van der Waals surface area (Å²) >= 11 is 0. The van der Waals surface area contributed by atoms with Gasteiger partial charge in [0.1, 0.15) is 18.2 Å². The van der Waals surface area contributed by atoms with Crippen molar-refractivity contribution in [3.8, 4) is 0 Å². The highest BCUT2D eigenvalue weighted by molar-refractivity contribution is 6.00. The molecule has 248 valence electrons. The quantitative estimate of drug-likeness (QED) is 0.351. The van der Waals surface area contributed by atoms with Crippen molar-refractivity contribution in [2.24, 2.45) is 17.8 Å². The third kappa shape index (κ3) is 6.12. The number of ether oxygens (including phenoxy) is 2. The molecule has 0 unspecified atom stereocenters. The molecule has 10 heteroatoms. The molecule has 47 heavy (non-hydrogen) atoms. The summed E-state index contributed by atoms with van der Waals surface area (Å²) in [5.74, 6) is -3.56. The fourth-order valence-corrected chi connectivity index (χ4v) is 7.51. The molecule has 0 radical (unpaired) electrons. The Morgan fingerprint density at radius 2 is 1.72 bits per heavy atom. The van der Waals surface area contributed by atoms with Crippen LogP contribution in [-0.4, -0.2) is 82.1 Å². The Kier molecular flexibility index (Phi) is 9.61. The predicted octanol–water partition coefficient (Wildman–Crippen LogP) is 3.32. The number of likely N-dealkylation sites (tertiary alicyclic amines) is 1. The molecule has 1 spiro atoms. The normalized spacial score (nSPS) is 31.3. The number of aliphatic hydroxyl groups is 1. The van der Waals surface area contributed by atoms with E-state index < -0.39 is 53.5 Å². The van der Waals surface area contributed by atoms with Gasteiger partial charge in [-0.05, 0) is 23.5 Å². The molecule has 2 aromatic rings. The molecule has 0 aromatic heterocycles. The number of hydrogen-bond donors (Lipinski definition) is 2. The van der Waals surface area contributed by atoms with Gasteiger partial charge in [-0.1, -0.05) is 105 Å². The number of carbonyl (C=O) groups is 4. The third-order valence-electron chi connectivity index (χ3n) is 10.2. The molecule has 8 atom stereocenters. The van der Waals surface area contributed by atoms with Gasteiger partial charge in [0.25, 0.3) is 0 Å². The Morgan fingerprint density at radius 3 is 2.43 bits per heavy atom. The molecule has 2 fully saturated rings. The lowest BCUT2D eigenvalue weighted by atomic mass is 9.74. The van der Waals surface area contributed by atoms with Crippen LogP contribution in [-0.2, 0) is 35.2 Å². The second-order valence-corrected chi connectivity index (χ2v) is 13.0. The van der Waals surface area contributed by atoms with Crippen molar-refractivity contribution in [1.29, 1.82) is 0 Å². The fourth-order valence-electron chi connectivity index (χ4n) is 7.51. The van der Waals surface area contributed by atoms with Crippen LogP contribution in [0.25, 0.3) is 0 Å². The van der Waals surface area contributed by atoms with E-state index in [1.807, 2.05) is 86.7 Å². The lowest BCUT2D eigenvalue weighted by molar-refractivity contribution is -0.152. The highest BCUT2D eigenvalue weighted by Gasteiger charge is 2.74.